The van der Waals surface area contributed by atoms with Crippen molar-refractivity contribution in [3.8, 4) is 0 Å². The second-order valence-electron chi connectivity index (χ2n) is 8.45. The van der Waals surface area contributed by atoms with Gasteiger partial charge in [-0.2, -0.15) is 0 Å². The van der Waals surface area contributed by atoms with Crippen molar-refractivity contribution < 1.29 is 0 Å². The van der Waals surface area contributed by atoms with Gasteiger partial charge in [0.1, 0.15) is 6.04 Å². The lowest BCUT2D eigenvalue weighted by Gasteiger charge is -2.34. The molecule has 0 N–H and O–H groups in total. The van der Waals surface area contributed by atoms with Crippen LogP contribution in [0, 0.1) is 13.8 Å². The molecule has 1 aromatic heterocycles. The molecule has 5 rings (SSSR count). The summed E-state index contributed by atoms with van der Waals surface area (Å²) in [5.74, 6) is 1.14. The van der Waals surface area contributed by atoms with E-state index in [2.05, 4.69) is 54.8 Å². The molecule has 2 aromatic rings. The zero-order valence-electron chi connectivity index (χ0n) is 17.6. The Labute approximate surface area is 178 Å². The molecule has 0 saturated carbocycles. The number of amidine groups is 1. The first-order valence-electron chi connectivity index (χ1n) is 10.9. The highest BCUT2D eigenvalue weighted by molar-refractivity contribution is 8.14. The Hall–Kier alpha value is -2.01. The van der Waals surface area contributed by atoms with Crippen LogP contribution in [0.2, 0.25) is 0 Å². The van der Waals surface area contributed by atoms with Crippen molar-refractivity contribution in [3.63, 3.8) is 0 Å². The summed E-state index contributed by atoms with van der Waals surface area (Å²) in [7, 11) is 0. The average molecular weight is 407 g/mol. The van der Waals surface area contributed by atoms with Crippen molar-refractivity contribution in [2.75, 3.05) is 23.7 Å². The lowest BCUT2D eigenvalue weighted by Crippen LogP contribution is -2.35. The first-order valence-corrected chi connectivity index (χ1v) is 11.9. The Morgan fingerprint density at radius 1 is 1.07 bits per heavy atom. The molecule has 3 aliphatic heterocycles. The highest BCUT2D eigenvalue weighted by atomic mass is 32.2. The maximum Gasteiger partial charge on any atom is 0.160 e. The highest BCUT2D eigenvalue weighted by Crippen LogP contribution is 2.50. The van der Waals surface area contributed by atoms with Crippen molar-refractivity contribution in [2.45, 2.75) is 58.2 Å². The van der Waals surface area contributed by atoms with Gasteiger partial charge >= 0.3 is 0 Å². The Bertz CT molecular complexity index is 920. The molecular formula is C24H30N4S. The molecule has 0 spiro atoms. The predicted molar refractivity (Wildman–Crippen MR) is 123 cm³/mol. The van der Waals surface area contributed by atoms with Gasteiger partial charge in [-0.3, -0.25) is 9.98 Å². The molecule has 5 heteroatoms. The van der Waals surface area contributed by atoms with Crippen molar-refractivity contribution in [1.29, 1.82) is 0 Å². The number of rotatable bonds is 4. The molecule has 2 saturated heterocycles. The van der Waals surface area contributed by atoms with Gasteiger partial charge in [-0.25, -0.2) is 0 Å². The van der Waals surface area contributed by atoms with E-state index in [1.807, 2.05) is 24.0 Å². The van der Waals surface area contributed by atoms with Gasteiger partial charge in [0, 0.05) is 36.8 Å². The van der Waals surface area contributed by atoms with Crippen LogP contribution in [0.3, 0.4) is 0 Å². The third-order valence-electron chi connectivity index (χ3n) is 6.90. The van der Waals surface area contributed by atoms with Crippen LogP contribution in [0.1, 0.15) is 60.7 Å². The van der Waals surface area contributed by atoms with Crippen molar-refractivity contribution in [3.05, 3.63) is 58.9 Å². The summed E-state index contributed by atoms with van der Waals surface area (Å²) >= 11 is 1.92. The van der Waals surface area contributed by atoms with Gasteiger partial charge in [-0.05, 0) is 68.0 Å². The fraction of sp³-hybridized carbons (Fsp3) is 0.500. The van der Waals surface area contributed by atoms with Gasteiger partial charge in [0.15, 0.2) is 5.17 Å². The second-order valence-corrected chi connectivity index (χ2v) is 9.44. The number of aliphatic imine (C=N–C) groups is 1. The van der Waals surface area contributed by atoms with Crippen LogP contribution in [0.25, 0.3) is 0 Å². The first kappa shape index (κ1) is 19.0. The number of thioether (sulfide) groups is 1. The van der Waals surface area contributed by atoms with Gasteiger partial charge in [-0.1, -0.05) is 30.8 Å². The smallest absolute Gasteiger partial charge is 0.160 e. The van der Waals surface area contributed by atoms with Gasteiger partial charge in [0.25, 0.3) is 0 Å². The van der Waals surface area contributed by atoms with Crippen molar-refractivity contribution in [1.82, 2.24) is 9.88 Å². The van der Waals surface area contributed by atoms with E-state index in [1.54, 1.807) is 0 Å². The number of aromatic nitrogens is 1. The van der Waals surface area contributed by atoms with E-state index in [-0.39, 0.29) is 12.1 Å². The lowest BCUT2D eigenvalue weighted by atomic mass is 9.89. The number of benzene rings is 1. The quantitative estimate of drug-likeness (QED) is 0.691. The van der Waals surface area contributed by atoms with E-state index in [9.17, 15) is 0 Å². The zero-order chi connectivity index (χ0) is 20.0. The van der Waals surface area contributed by atoms with E-state index in [0.717, 1.165) is 17.9 Å². The molecule has 0 radical (unpaired) electrons. The molecule has 1 aromatic carbocycles. The van der Waals surface area contributed by atoms with Crippen LogP contribution in [-0.2, 0) is 0 Å². The van der Waals surface area contributed by atoms with Crippen LogP contribution >= 0.6 is 11.8 Å². The standard InChI is InChI=1S/C24H30N4S/c1-4-18-15-29-24-26-22(20-9-5-6-12-25-20)23(28(18)24)19-10-11-21(17(3)16(19)2)27-13-7-8-14-27/h5-6,9-12,18,22-23H,4,7-8,13-15H2,1-3H3/t18-,22-,23+/m0/s1. The summed E-state index contributed by atoms with van der Waals surface area (Å²) < 4.78 is 0. The number of fused-ring (bicyclic) bond motifs is 1. The molecular weight excluding hydrogens is 376 g/mol. The summed E-state index contributed by atoms with van der Waals surface area (Å²) in [6.07, 6.45) is 5.67. The van der Waals surface area contributed by atoms with Crippen molar-refractivity contribution >= 4 is 22.6 Å². The first-order chi connectivity index (χ1) is 14.2. The Morgan fingerprint density at radius 2 is 1.90 bits per heavy atom. The molecule has 29 heavy (non-hydrogen) atoms. The molecule has 0 bridgehead atoms. The minimum absolute atomic E-state index is 0.0730. The SMILES string of the molecule is CC[C@H]1CSC2=N[C@@H](c3ccccn3)[C@@H](c3ccc(N4CCCC4)c(C)c3C)N21. The number of nitrogens with zero attached hydrogens (tertiary/aromatic N) is 4. The average Bonchev–Trinajstić information content (AvgIpc) is 3.47. The number of anilines is 1. The van der Waals surface area contributed by atoms with Crippen LogP contribution in [0.5, 0.6) is 0 Å². The number of hydrogen-bond acceptors (Lipinski definition) is 5. The Balaban J connectivity index is 1.59. The van der Waals surface area contributed by atoms with Gasteiger partial charge in [0.2, 0.25) is 0 Å². The summed E-state index contributed by atoms with van der Waals surface area (Å²) in [4.78, 5) is 15.0. The van der Waals surface area contributed by atoms with Crippen LogP contribution in [0.4, 0.5) is 5.69 Å². The third-order valence-corrected chi connectivity index (χ3v) is 8.02. The van der Waals surface area contributed by atoms with E-state index >= 15 is 0 Å². The molecule has 0 unspecified atom stereocenters. The maximum absolute atomic E-state index is 5.18. The van der Waals surface area contributed by atoms with Crippen molar-refractivity contribution in [2.24, 2.45) is 4.99 Å². The lowest BCUT2D eigenvalue weighted by molar-refractivity contribution is 0.254. The van der Waals surface area contributed by atoms with Crippen LogP contribution < -0.4 is 4.90 Å². The molecule has 152 valence electrons. The molecule has 3 atom stereocenters. The summed E-state index contributed by atoms with van der Waals surface area (Å²) in [5, 5.41) is 1.21. The molecule has 3 aliphatic rings. The summed E-state index contributed by atoms with van der Waals surface area (Å²) in [5.41, 5.74) is 6.76. The Morgan fingerprint density at radius 3 is 2.62 bits per heavy atom. The topological polar surface area (TPSA) is 31.7 Å². The molecule has 0 aliphatic carbocycles. The molecule has 2 fully saturated rings. The molecule has 4 heterocycles. The van der Waals surface area contributed by atoms with Gasteiger partial charge < -0.3 is 9.80 Å². The minimum Gasteiger partial charge on any atom is -0.371 e. The number of pyridine rings is 1. The normalized spacial score (nSPS) is 26.2. The largest absolute Gasteiger partial charge is 0.371 e. The van der Waals surface area contributed by atoms with E-state index in [0.29, 0.717) is 6.04 Å². The second kappa shape index (κ2) is 7.67. The number of hydrogen-bond donors (Lipinski definition) is 0. The molecule has 0 amide bonds. The monoisotopic (exact) mass is 406 g/mol. The van der Waals surface area contributed by atoms with E-state index in [1.165, 1.54) is 53.5 Å². The van der Waals surface area contributed by atoms with Gasteiger partial charge in [-0.15, -0.1) is 0 Å². The van der Waals surface area contributed by atoms with E-state index in [4.69, 9.17) is 9.98 Å². The fourth-order valence-electron chi connectivity index (χ4n) is 5.14. The van der Waals surface area contributed by atoms with Gasteiger partial charge in [0.05, 0.1) is 11.7 Å². The highest BCUT2D eigenvalue weighted by Gasteiger charge is 2.46. The Kier molecular flexibility index (Phi) is 5.02. The fourth-order valence-corrected chi connectivity index (χ4v) is 6.47. The van der Waals surface area contributed by atoms with Crippen LogP contribution in [-0.4, -0.2) is 39.9 Å². The third kappa shape index (κ3) is 3.14. The maximum atomic E-state index is 5.18. The van der Waals surface area contributed by atoms with Crippen LogP contribution in [0.15, 0.2) is 41.5 Å². The molecule has 4 nitrogen and oxygen atoms in total. The minimum atomic E-state index is 0.0730. The predicted octanol–water partition coefficient (Wildman–Crippen LogP) is 5.28. The van der Waals surface area contributed by atoms with E-state index < -0.39 is 0 Å². The summed E-state index contributed by atoms with van der Waals surface area (Å²) in [6.45, 7) is 9.28. The zero-order valence-corrected chi connectivity index (χ0v) is 18.5. The summed E-state index contributed by atoms with van der Waals surface area (Å²) in [6, 6.07) is 11.8.